The number of hydrogen-bond donors (Lipinski definition) is 4. The van der Waals surface area contributed by atoms with E-state index >= 15 is 0 Å². The van der Waals surface area contributed by atoms with E-state index in [1.807, 2.05) is 44.2 Å². The Morgan fingerprint density at radius 3 is 2.16 bits per heavy atom. The number of ether oxygens (including phenoxy) is 4. The highest BCUT2D eigenvalue weighted by Gasteiger charge is 2.35. The third-order valence-electron chi connectivity index (χ3n) is 7.67. The van der Waals surface area contributed by atoms with E-state index in [0.717, 1.165) is 5.56 Å². The summed E-state index contributed by atoms with van der Waals surface area (Å²) in [4.78, 5) is 24.8. The molecule has 0 aliphatic carbocycles. The Morgan fingerprint density at radius 2 is 1.58 bits per heavy atom. The van der Waals surface area contributed by atoms with Crippen molar-refractivity contribution in [3.05, 3.63) is 59.7 Å². The van der Waals surface area contributed by atoms with Crippen LogP contribution in [0.1, 0.15) is 64.2 Å². The number of carboxylic acid groups (broad SMARTS) is 1. The van der Waals surface area contributed by atoms with Crippen molar-refractivity contribution in [2.45, 2.75) is 71.8 Å². The molecule has 0 radical (unpaired) electrons. The van der Waals surface area contributed by atoms with E-state index in [4.69, 9.17) is 18.9 Å². The third kappa shape index (κ3) is 11.7. The highest BCUT2D eigenvalue weighted by Crippen LogP contribution is 2.37. The standard InChI is InChI=1S/C33H49NO9/c1-21(2)25(31(36)24-13-14-29(41-6)30(17-24)42-16-10-15-40-5)18-27(28(35)19-26(22(3)4)32(37)38)34-33(39)43-20-23-11-8-7-9-12-23/h7-9,11-14,17,21-22,25-28,31,35-36H,10,15-16,18-20H2,1-6H3,(H,34,39)(H,37,38)/t25-,26-,27-,28-,31?/m0/s1. The first-order valence-electron chi connectivity index (χ1n) is 14.8. The van der Waals surface area contributed by atoms with E-state index < -0.39 is 42.1 Å². The van der Waals surface area contributed by atoms with Crippen LogP contribution in [-0.4, -0.2) is 67.0 Å². The maximum Gasteiger partial charge on any atom is 0.407 e. The zero-order valence-electron chi connectivity index (χ0n) is 26.2. The van der Waals surface area contributed by atoms with E-state index in [-0.39, 0.29) is 31.3 Å². The predicted molar refractivity (Wildman–Crippen MR) is 163 cm³/mol. The van der Waals surface area contributed by atoms with Crippen LogP contribution in [0.2, 0.25) is 0 Å². The molecule has 0 saturated heterocycles. The Hall–Kier alpha value is -3.34. The van der Waals surface area contributed by atoms with Crippen LogP contribution >= 0.6 is 0 Å². The first kappa shape index (κ1) is 35.9. The SMILES string of the molecule is COCCCOc1cc(C(O)[C@@H](C[C@H](NC(=O)OCc2ccccc2)[C@@H](O)C[C@H](C(=O)O)C(C)C)C(C)C)ccc1OC. The van der Waals surface area contributed by atoms with Gasteiger partial charge in [-0.1, -0.05) is 64.1 Å². The van der Waals surface area contributed by atoms with Gasteiger partial charge in [-0.05, 0) is 53.9 Å². The van der Waals surface area contributed by atoms with Gasteiger partial charge in [0.05, 0.1) is 37.9 Å². The van der Waals surface area contributed by atoms with E-state index in [1.165, 1.54) is 0 Å². The molecule has 240 valence electrons. The second-order valence-electron chi connectivity index (χ2n) is 11.5. The van der Waals surface area contributed by atoms with Gasteiger partial charge in [-0.3, -0.25) is 4.79 Å². The smallest absolute Gasteiger partial charge is 0.407 e. The van der Waals surface area contributed by atoms with Gasteiger partial charge < -0.3 is 39.6 Å². The van der Waals surface area contributed by atoms with Crippen LogP contribution in [-0.2, 0) is 20.9 Å². The molecule has 0 aliphatic heterocycles. The highest BCUT2D eigenvalue weighted by atomic mass is 16.5. The Balaban J connectivity index is 2.30. The molecule has 0 bridgehead atoms. The fraction of sp³-hybridized carbons (Fsp3) is 0.576. The van der Waals surface area contributed by atoms with Crippen LogP contribution in [0.25, 0.3) is 0 Å². The number of benzene rings is 2. The highest BCUT2D eigenvalue weighted by molar-refractivity contribution is 5.70. The molecule has 43 heavy (non-hydrogen) atoms. The van der Waals surface area contributed by atoms with Crippen LogP contribution in [0.15, 0.2) is 48.5 Å². The topological polar surface area (TPSA) is 144 Å². The molecule has 2 rings (SSSR count). The van der Waals surface area contributed by atoms with Crippen LogP contribution in [0, 0.1) is 23.7 Å². The lowest BCUT2D eigenvalue weighted by Gasteiger charge is -2.34. The summed E-state index contributed by atoms with van der Waals surface area (Å²) in [5.74, 6) is -1.55. The first-order chi connectivity index (χ1) is 20.5. The zero-order chi connectivity index (χ0) is 31.9. The van der Waals surface area contributed by atoms with Gasteiger partial charge in [0.25, 0.3) is 0 Å². The van der Waals surface area contributed by atoms with Gasteiger partial charge in [0.15, 0.2) is 11.5 Å². The summed E-state index contributed by atoms with van der Waals surface area (Å²) in [6.07, 6.45) is -2.14. The molecule has 5 atom stereocenters. The van der Waals surface area contributed by atoms with E-state index in [2.05, 4.69) is 5.32 Å². The molecule has 10 nitrogen and oxygen atoms in total. The van der Waals surface area contributed by atoms with Crippen molar-refractivity contribution >= 4 is 12.1 Å². The van der Waals surface area contributed by atoms with Gasteiger partial charge in [-0.2, -0.15) is 0 Å². The zero-order valence-corrected chi connectivity index (χ0v) is 26.2. The second-order valence-corrected chi connectivity index (χ2v) is 11.5. The van der Waals surface area contributed by atoms with Crippen LogP contribution < -0.4 is 14.8 Å². The predicted octanol–water partition coefficient (Wildman–Crippen LogP) is 5.21. The van der Waals surface area contributed by atoms with Crippen LogP contribution in [0.5, 0.6) is 11.5 Å². The van der Waals surface area contributed by atoms with Gasteiger partial charge in [-0.25, -0.2) is 4.79 Å². The van der Waals surface area contributed by atoms with Crippen molar-refractivity contribution in [1.82, 2.24) is 5.32 Å². The average Bonchev–Trinajstić information content (AvgIpc) is 2.98. The summed E-state index contributed by atoms with van der Waals surface area (Å²) in [6.45, 7) is 8.44. The summed E-state index contributed by atoms with van der Waals surface area (Å²) in [6, 6.07) is 13.5. The minimum atomic E-state index is -1.20. The van der Waals surface area contributed by atoms with E-state index in [0.29, 0.717) is 36.7 Å². The van der Waals surface area contributed by atoms with Crippen molar-refractivity contribution in [3.8, 4) is 11.5 Å². The second kappa shape index (κ2) is 18.4. The summed E-state index contributed by atoms with van der Waals surface area (Å²) in [7, 11) is 3.16. The van der Waals surface area contributed by atoms with E-state index in [1.54, 1.807) is 46.3 Å². The van der Waals surface area contributed by atoms with Crippen molar-refractivity contribution in [3.63, 3.8) is 0 Å². The Bertz CT molecular complexity index is 1110. The molecule has 0 heterocycles. The summed E-state index contributed by atoms with van der Waals surface area (Å²) in [5, 5.41) is 35.4. The summed E-state index contributed by atoms with van der Waals surface area (Å²) < 4.78 is 21.8. The number of methoxy groups -OCH3 is 2. The summed E-state index contributed by atoms with van der Waals surface area (Å²) >= 11 is 0. The molecule has 0 aromatic heterocycles. The minimum Gasteiger partial charge on any atom is -0.493 e. The van der Waals surface area contributed by atoms with Gasteiger partial charge >= 0.3 is 12.1 Å². The van der Waals surface area contributed by atoms with Crippen molar-refractivity contribution < 1.29 is 43.9 Å². The molecule has 0 spiro atoms. The lowest BCUT2D eigenvalue weighted by molar-refractivity contribution is -0.144. The molecule has 1 amide bonds. The fourth-order valence-corrected chi connectivity index (χ4v) is 4.99. The lowest BCUT2D eigenvalue weighted by atomic mass is 9.79. The maximum absolute atomic E-state index is 12.9. The first-order valence-corrected chi connectivity index (χ1v) is 14.8. The third-order valence-corrected chi connectivity index (χ3v) is 7.67. The monoisotopic (exact) mass is 603 g/mol. The molecule has 4 N–H and O–H groups in total. The fourth-order valence-electron chi connectivity index (χ4n) is 4.99. The number of rotatable bonds is 19. The number of aliphatic hydroxyl groups excluding tert-OH is 2. The number of carbonyl (C=O) groups excluding carboxylic acids is 1. The number of nitrogens with one attached hydrogen (secondary N) is 1. The number of carbonyl (C=O) groups is 2. The van der Waals surface area contributed by atoms with Gasteiger partial charge in [0.2, 0.25) is 0 Å². The van der Waals surface area contributed by atoms with Gasteiger partial charge in [-0.15, -0.1) is 0 Å². The molecule has 2 aromatic carbocycles. The molecule has 0 saturated carbocycles. The maximum atomic E-state index is 12.9. The van der Waals surface area contributed by atoms with Crippen molar-refractivity contribution in [2.24, 2.45) is 23.7 Å². The molecular weight excluding hydrogens is 554 g/mol. The largest absolute Gasteiger partial charge is 0.493 e. The van der Waals surface area contributed by atoms with Gasteiger partial charge in [0, 0.05) is 20.1 Å². The number of hydrogen-bond acceptors (Lipinski definition) is 8. The molecule has 0 aliphatic rings. The lowest BCUT2D eigenvalue weighted by Crippen LogP contribution is -2.47. The molecule has 10 heteroatoms. The number of amides is 1. The Labute approximate surface area is 255 Å². The minimum absolute atomic E-state index is 0.0362. The average molecular weight is 604 g/mol. The Morgan fingerprint density at radius 1 is 0.884 bits per heavy atom. The molecular formula is C33H49NO9. The number of carboxylic acids is 1. The molecule has 0 fully saturated rings. The van der Waals surface area contributed by atoms with Crippen molar-refractivity contribution in [2.75, 3.05) is 27.4 Å². The number of alkyl carbamates (subject to hydrolysis) is 1. The van der Waals surface area contributed by atoms with Crippen LogP contribution in [0.3, 0.4) is 0 Å². The van der Waals surface area contributed by atoms with Crippen LogP contribution in [0.4, 0.5) is 4.79 Å². The quantitative estimate of drug-likeness (QED) is 0.159. The van der Waals surface area contributed by atoms with Crippen molar-refractivity contribution in [1.29, 1.82) is 0 Å². The van der Waals surface area contributed by atoms with Gasteiger partial charge in [0.1, 0.15) is 6.61 Å². The van der Waals surface area contributed by atoms with E-state index in [9.17, 15) is 24.9 Å². The Kier molecular flexibility index (Phi) is 15.3. The summed E-state index contributed by atoms with van der Waals surface area (Å²) in [5.41, 5.74) is 1.39. The number of aliphatic carboxylic acids is 1. The molecule has 1 unspecified atom stereocenters. The molecule has 2 aromatic rings. The normalized spacial score (nSPS) is 14.9. The number of aliphatic hydroxyl groups is 2.